The van der Waals surface area contributed by atoms with Crippen molar-refractivity contribution in [2.75, 3.05) is 0 Å². The first-order valence-electron chi connectivity index (χ1n) is 18.7. The van der Waals surface area contributed by atoms with E-state index in [2.05, 4.69) is 149 Å². The molecule has 7 aromatic carbocycles. The molecule has 0 unspecified atom stereocenters. The highest BCUT2D eigenvalue weighted by molar-refractivity contribution is 6.10. The Morgan fingerprint density at radius 1 is 0.357 bits per heavy atom. The molecule has 4 aromatic heterocycles. The van der Waals surface area contributed by atoms with Gasteiger partial charge in [-0.2, -0.15) is 0 Å². The Labute approximate surface area is 322 Å². The Hall–Kier alpha value is -7.63. The van der Waals surface area contributed by atoms with Gasteiger partial charge in [-0.3, -0.25) is 4.98 Å². The lowest BCUT2D eigenvalue weighted by molar-refractivity contribution is 0.669. The molecule has 5 heteroatoms. The minimum atomic E-state index is 0.668. The second-order valence-electron chi connectivity index (χ2n) is 14.1. The van der Waals surface area contributed by atoms with E-state index < -0.39 is 0 Å². The topological polar surface area (TPSA) is 56.7 Å². The molecule has 0 saturated heterocycles. The third kappa shape index (κ3) is 5.45. The summed E-state index contributed by atoms with van der Waals surface area (Å²) < 4.78 is 8.53. The summed E-state index contributed by atoms with van der Waals surface area (Å²) in [6.45, 7) is 0. The molecule has 262 valence electrons. The van der Waals surface area contributed by atoms with E-state index in [1.807, 2.05) is 54.9 Å². The molecular weight excluding hydrogens is 685 g/mol. The van der Waals surface area contributed by atoms with Crippen LogP contribution in [-0.2, 0) is 0 Å². The average molecular weight is 717 g/mol. The molecule has 0 amide bonds. The van der Waals surface area contributed by atoms with Crippen molar-refractivity contribution in [3.05, 3.63) is 194 Å². The number of rotatable bonds is 6. The maximum Gasteiger partial charge on any atom is 0.160 e. The molecule has 0 N–H and O–H groups in total. The number of hydrogen-bond acceptors (Lipinski definition) is 4. The van der Waals surface area contributed by atoms with Crippen LogP contribution >= 0.6 is 0 Å². The van der Waals surface area contributed by atoms with Crippen LogP contribution in [0.4, 0.5) is 0 Å². The standard InChI is InChI=1S/C51H32N4O/c1-3-11-34(12-4-1)51-53-45(36-20-22-50-44(31-36)42-16-8-10-18-49(42)56-50)32-46(54-51)39-28-37(33-23-25-52-26-24-33)27-38(29-39)35-19-21-48-43(30-35)41-15-7-9-17-47(41)55(48)40-13-5-2-6-14-40/h1-32H. The van der Waals surface area contributed by atoms with Gasteiger partial charge in [0.2, 0.25) is 0 Å². The van der Waals surface area contributed by atoms with Gasteiger partial charge in [0.15, 0.2) is 5.82 Å². The second-order valence-corrected chi connectivity index (χ2v) is 14.1. The van der Waals surface area contributed by atoms with E-state index in [0.717, 1.165) is 78.0 Å². The van der Waals surface area contributed by atoms with Gasteiger partial charge in [-0.1, -0.05) is 91.0 Å². The fourth-order valence-corrected chi connectivity index (χ4v) is 8.01. The number of nitrogens with zero attached hydrogens (tertiary/aromatic N) is 4. The Bertz CT molecular complexity index is 3240. The minimum Gasteiger partial charge on any atom is -0.456 e. The normalized spacial score (nSPS) is 11.6. The van der Waals surface area contributed by atoms with E-state index in [0.29, 0.717) is 5.82 Å². The molecule has 0 fully saturated rings. The molecule has 0 bridgehead atoms. The maximum atomic E-state index is 6.18. The van der Waals surface area contributed by atoms with Crippen molar-refractivity contribution >= 4 is 43.7 Å². The van der Waals surface area contributed by atoms with E-state index in [1.165, 1.54) is 21.8 Å². The van der Waals surface area contributed by atoms with E-state index in [4.69, 9.17) is 14.4 Å². The summed E-state index contributed by atoms with van der Waals surface area (Å²) >= 11 is 0. The van der Waals surface area contributed by atoms with Gasteiger partial charge in [-0.25, -0.2) is 9.97 Å². The highest BCUT2D eigenvalue weighted by Crippen LogP contribution is 2.39. The van der Waals surface area contributed by atoms with Crippen molar-refractivity contribution < 1.29 is 4.42 Å². The summed E-state index contributed by atoms with van der Waals surface area (Å²) in [5.74, 6) is 0.668. The third-order valence-electron chi connectivity index (χ3n) is 10.7. The van der Waals surface area contributed by atoms with E-state index >= 15 is 0 Å². The van der Waals surface area contributed by atoms with Gasteiger partial charge in [0, 0.05) is 56.3 Å². The molecule has 0 radical (unpaired) electrons. The van der Waals surface area contributed by atoms with Gasteiger partial charge < -0.3 is 8.98 Å². The minimum absolute atomic E-state index is 0.668. The monoisotopic (exact) mass is 716 g/mol. The SMILES string of the molecule is c1ccc(-c2nc(-c3cc(-c4ccncc4)cc(-c4ccc5c(c4)c4ccccc4n5-c4ccccc4)c3)cc(-c3ccc4oc5ccccc5c4c3)n2)cc1. The summed E-state index contributed by atoms with van der Waals surface area (Å²) in [5, 5.41) is 4.57. The zero-order chi connectivity index (χ0) is 37.0. The van der Waals surface area contributed by atoms with Crippen LogP contribution < -0.4 is 0 Å². The van der Waals surface area contributed by atoms with Gasteiger partial charge in [0.1, 0.15) is 11.2 Å². The Balaban J connectivity index is 1.12. The number of para-hydroxylation sites is 3. The predicted octanol–water partition coefficient (Wildman–Crippen LogP) is 13.2. The fourth-order valence-electron chi connectivity index (χ4n) is 8.01. The zero-order valence-electron chi connectivity index (χ0n) is 30.2. The lowest BCUT2D eigenvalue weighted by Crippen LogP contribution is -1.96. The van der Waals surface area contributed by atoms with Crippen molar-refractivity contribution in [2.45, 2.75) is 0 Å². The molecule has 11 rings (SSSR count). The average Bonchev–Trinajstić information content (AvgIpc) is 3.82. The first-order valence-corrected chi connectivity index (χ1v) is 18.7. The maximum absolute atomic E-state index is 6.18. The van der Waals surface area contributed by atoms with Crippen LogP contribution in [0.2, 0.25) is 0 Å². The van der Waals surface area contributed by atoms with Crippen LogP contribution in [0.25, 0.3) is 106 Å². The first kappa shape index (κ1) is 31.9. The predicted molar refractivity (Wildman–Crippen MR) is 229 cm³/mol. The summed E-state index contributed by atoms with van der Waals surface area (Å²) in [6.07, 6.45) is 3.69. The number of furan rings is 1. The zero-order valence-corrected chi connectivity index (χ0v) is 30.2. The van der Waals surface area contributed by atoms with Crippen molar-refractivity contribution in [1.82, 2.24) is 19.5 Å². The molecule has 0 spiro atoms. The van der Waals surface area contributed by atoms with Gasteiger partial charge in [-0.05, 0) is 113 Å². The van der Waals surface area contributed by atoms with Crippen molar-refractivity contribution in [3.63, 3.8) is 0 Å². The van der Waals surface area contributed by atoms with Gasteiger partial charge >= 0.3 is 0 Å². The Kier molecular flexibility index (Phi) is 7.42. The van der Waals surface area contributed by atoms with Crippen LogP contribution in [0.5, 0.6) is 0 Å². The lowest BCUT2D eigenvalue weighted by atomic mass is 9.94. The summed E-state index contributed by atoms with van der Waals surface area (Å²) in [5.41, 5.74) is 14.2. The van der Waals surface area contributed by atoms with Gasteiger partial charge in [-0.15, -0.1) is 0 Å². The smallest absolute Gasteiger partial charge is 0.160 e. The van der Waals surface area contributed by atoms with Crippen molar-refractivity contribution in [1.29, 1.82) is 0 Å². The first-order chi connectivity index (χ1) is 27.7. The van der Waals surface area contributed by atoms with Crippen LogP contribution in [0.1, 0.15) is 0 Å². The number of pyridine rings is 1. The van der Waals surface area contributed by atoms with E-state index in [1.54, 1.807) is 0 Å². The molecule has 5 nitrogen and oxygen atoms in total. The molecule has 0 aliphatic heterocycles. The van der Waals surface area contributed by atoms with Gasteiger partial charge in [0.25, 0.3) is 0 Å². The number of fused-ring (bicyclic) bond motifs is 6. The van der Waals surface area contributed by atoms with Crippen molar-refractivity contribution in [3.8, 4) is 61.8 Å². The Morgan fingerprint density at radius 3 is 1.79 bits per heavy atom. The van der Waals surface area contributed by atoms with E-state index in [9.17, 15) is 0 Å². The van der Waals surface area contributed by atoms with E-state index in [-0.39, 0.29) is 0 Å². The highest BCUT2D eigenvalue weighted by Gasteiger charge is 2.17. The third-order valence-corrected chi connectivity index (χ3v) is 10.7. The van der Waals surface area contributed by atoms with Crippen molar-refractivity contribution in [2.24, 2.45) is 0 Å². The van der Waals surface area contributed by atoms with Crippen LogP contribution in [0.15, 0.2) is 199 Å². The fraction of sp³-hybridized carbons (Fsp3) is 0. The molecule has 0 aliphatic carbocycles. The summed E-state index contributed by atoms with van der Waals surface area (Å²) in [4.78, 5) is 14.7. The highest BCUT2D eigenvalue weighted by atomic mass is 16.3. The second kappa shape index (κ2) is 13.0. The molecular formula is C51H32N4O. The molecule has 56 heavy (non-hydrogen) atoms. The van der Waals surface area contributed by atoms with Crippen LogP contribution in [0.3, 0.4) is 0 Å². The van der Waals surface area contributed by atoms with Gasteiger partial charge in [0.05, 0.1) is 22.4 Å². The summed E-state index contributed by atoms with van der Waals surface area (Å²) in [7, 11) is 0. The number of aromatic nitrogens is 4. The summed E-state index contributed by atoms with van der Waals surface area (Å²) in [6, 6.07) is 63.7. The van der Waals surface area contributed by atoms with Crippen LogP contribution in [-0.4, -0.2) is 19.5 Å². The largest absolute Gasteiger partial charge is 0.456 e. The molecule has 0 saturated carbocycles. The lowest BCUT2D eigenvalue weighted by Gasteiger charge is -2.13. The number of benzene rings is 7. The molecule has 4 heterocycles. The molecule has 0 aliphatic rings. The Morgan fingerprint density at radius 2 is 0.964 bits per heavy atom. The molecule has 0 atom stereocenters. The van der Waals surface area contributed by atoms with Crippen LogP contribution in [0, 0.1) is 0 Å². The number of hydrogen-bond donors (Lipinski definition) is 0. The quantitative estimate of drug-likeness (QED) is 0.172. The molecule has 11 aromatic rings.